The number of anilines is 2. The Hall–Kier alpha value is -1.49. The summed E-state index contributed by atoms with van der Waals surface area (Å²) in [5, 5.41) is 2.49. The Labute approximate surface area is 126 Å². The van der Waals surface area contributed by atoms with Crippen LogP contribution in [-0.4, -0.2) is 5.11 Å². The van der Waals surface area contributed by atoms with Gasteiger partial charge in [0.25, 0.3) is 0 Å². The summed E-state index contributed by atoms with van der Waals surface area (Å²) in [5.41, 5.74) is 10.3. The van der Waals surface area contributed by atoms with E-state index in [1.54, 1.807) is 18.2 Å². The first kappa shape index (κ1) is 13.9. The number of para-hydroxylation sites is 1. The van der Waals surface area contributed by atoms with E-state index in [1.165, 1.54) is 5.01 Å². The van der Waals surface area contributed by atoms with Crippen molar-refractivity contribution in [1.82, 2.24) is 0 Å². The van der Waals surface area contributed by atoms with Gasteiger partial charge < -0.3 is 5.73 Å². The first-order valence-corrected chi connectivity index (χ1v) is 6.61. The van der Waals surface area contributed by atoms with Crippen LogP contribution < -0.4 is 16.2 Å². The normalized spacial score (nSPS) is 10.0. The molecule has 0 saturated heterocycles. The standard InChI is InChI=1S/C13H11Cl2N3S/c14-10-7-4-8-11(12(10)15)18(13(16)19)17-9-5-2-1-3-6-9/h1-8,17H,(H2,16,19). The Balaban J connectivity index is 2.36. The molecule has 98 valence electrons. The number of benzene rings is 2. The zero-order valence-corrected chi connectivity index (χ0v) is 12.1. The van der Waals surface area contributed by atoms with Gasteiger partial charge in [-0.1, -0.05) is 47.5 Å². The highest BCUT2D eigenvalue weighted by Gasteiger charge is 2.15. The second kappa shape index (κ2) is 6.10. The Bertz CT molecular complexity index is 590. The zero-order chi connectivity index (χ0) is 13.8. The van der Waals surface area contributed by atoms with Crippen molar-refractivity contribution in [2.45, 2.75) is 0 Å². The van der Waals surface area contributed by atoms with Crippen LogP contribution in [0.15, 0.2) is 48.5 Å². The predicted octanol–water partition coefficient (Wildman–Crippen LogP) is 4.07. The highest BCUT2D eigenvalue weighted by Crippen LogP contribution is 2.32. The minimum absolute atomic E-state index is 0.146. The van der Waals surface area contributed by atoms with Gasteiger partial charge in [0.15, 0.2) is 5.11 Å². The molecule has 6 heteroatoms. The average molecular weight is 312 g/mol. The van der Waals surface area contributed by atoms with Crippen LogP contribution >= 0.6 is 35.4 Å². The van der Waals surface area contributed by atoms with Gasteiger partial charge in [-0.05, 0) is 36.5 Å². The Morgan fingerprint density at radius 1 is 1.05 bits per heavy atom. The van der Waals surface area contributed by atoms with Crippen LogP contribution in [0.1, 0.15) is 0 Å². The molecular weight excluding hydrogens is 301 g/mol. The van der Waals surface area contributed by atoms with Gasteiger partial charge in [-0.2, -0.15) is 0 Å². The molecule has 0 heterocycles. The van der Waals surface area contributed by atoms with E-state index in [-0.39, 0.29) is 5.11 Å². The lowest BCUT2D eigenvalue weighted by Gasteiger charge is -2.25. The number of nitrogens with one attached hydrogen (secondary N) is 1. The van der Waals surface area contributed by atoms with E-state index in [0.29, 0.717) is 15.7 Å². The molecule has 3 nitrogen and oxygen atoms in total. The van der Waals surface area contributed by atoms with E-state index in [0.717, 1.165) is 5.69 Å². The highest BCUT2D eigenvalue weighted by atomic mass is 35.5. The topological polar surface area (TPSA) is 41.3 Å². The maximum absolute atomic E-state index is 6.17. The molecule has 2 aromatic carbocycles. The van der Waals surface area contributed by atoms with Crippen molar-refractivity contribution in [3.8, 4) is 0 Å². The fraction of sp³-hybridized carbons (Fsp3) is 0. The van der Waals surface area contributed by atoms with E-state index in [9.17, 15) is 0 Å². The van der Waals surface area contributed by atoms with Crippen molar-refractivity contribution < 1.29 is 0 Å². The second-order valence-electron chi connectivity index (χ2n) is 3.72. The van der Waals surface area contributed by atoms with Gasteiger partial charge in [-0.15, -0.1) is 0 Å². The summed E-state index contributed by atoms with van der Waals surface area (Å²) in [7, 11) is 0. The monoisotopic (exact) mass is 311 g/mol. The Morgan fingerprint density at radius 2 is 1.74 bits per heavy atom. The first-order valence-electron chi connectivity index (χ1n) is 5.45. The molecule has 2 aromatic rings. The van der Waals surface area contributed by atoms with Crippen molar-refractivity contribution in [3.63, 3.8) is 0 Å². The highest BCUT2D eigenvalue weighted by molar-refractivity contribution is 7.80. The molecule has 0 aliphatic rings. The van der Waals surface area contributed by atoms with Gasteiger partial charge in [0.1, 0.15) is 0 Å². The predicted molar refractivity (Wildman–Crippen MR) is 85.8 cm³/mol. The maximum atomic E-state index is 6.17. The molecule has 0 amide bonds. The minimum atomic E-state index is 0.146. The Kier molecular flexibility index (Phi) is 4.47. The van der Waals surface area contributed by atoms with Crippen molar-refractivity contribution in [3.05, 3.63) is 58.6 Å². The molecule has 2 rings (SSSR count). The number of nitrogens with zero attached hydrogens (tertiary/aromatic N) is 1. The van der Waals surface area contributed by atoms with Crippen LogP contribution in [0.4, 0.5) is 11.4 Å². The van der Waals surface area contributed by atoms with Crippen molar-refractivity contribution >= 4 is 51.9 Å². The number of hydrogen-bond acceptors (Lipinski definition) is 2. The lowest BCUT2D eigenvalue weighted by molar-refractivity contribution is 1.21. The van der Waals surface area contributed by atoms with Gasteiger partial charge in [0, 0.05) is 0 Å². The lowest BCUT2D eigenvalue weighted by atomic mass is 10.3. The maximum Gasteiger partial charge on any atom is 0.190 e. The number of rotatable bonds is 3. The fourth-order valence-corrected chi connectivity index (χ4v) is 2.06. The van der Waals surface area contributed by atoms with E-state index < -0.39 is 0 Å². The summed E-state index contributed by atoms with van der Waals surface area (Å²) in [5.74, 6) is 0. The number of thiocarbonyl (C=S) groups is 1. The summed E-state index contributed by atoms with van der Waals surface area (Å²) < 4.78 is 0. The average Bonchev–Trinajstić information content (AvgIpc) is 2.40. The van der Waals surface area contributed by atoms with Crippen molar-refractivity contribution in [2.24, 2.45) is 5.73 Å². The molecule has 0 aliphatic heterocycles. The van der Waals surface area contributed by atoms with Crippen molar-refractivity contribution in [2.75, 3.05) is 10.4 Å². The molecule has 0 saturated carbocycles. The summed E-state index contributed by atoms with van der Waals surface area (Å²) in [6.45, 7) is 0. The third kappa shape index (κ3) is 3.29. The smallest absolute Gasteiger partial charge is 0.190 e. The molecule has 0 spiro atoms. The van der Waals surface area contributed by atoms with E-state index in [2.05, 4.69) is 5.43 Å². The van der Waals surface area contributed by atoms with E-state index in [4.69, 9.17) is 41.2 Å². The molecule has 3 N–H and O–H groups in total. The lowest BCUT2D eigenvalue weighted by Crippen LogP contribution is -2.40. The number of hydrazine groups is 1. The summed E-state index contributed by atoms with van der Waals surface area (Å²) in [4.78, 5) is 0. The Morgan fingerprint density at radius 3 is 2.37 bits per heavy atom. The molecule has 0 bridgehead atoms. The third-order valence-corrected chi connectivity index (χ3v) is 3.40. The van der Waals surface area contributed by atoms with Gasteiger partial charge in [-0.3, -0.25) is 5.43 Å². The summed E-state index contributed by atoms with van der Waals surface area (Å²) >= 11 is 17.2. The van der Waals surface area contributed by atoms with Gasteiger partial charge in [0.2, 0.25) is 0 Å². The molecule has 0 atom stereocenters. The molecule has 0 aliphatic carbocycles. The van der Waals surface area contributed by atoms with Crippen LogP contribution in [0.25, 0.3) is 0 Å². The van der Waals surface area contributed by atoms with Crippen LogP contribution in [0.3, 0.4) is 0 Å². The van der Waals surface area contributed by atoms with E-state index in [1.807, 2.05) is 30.3 Å². The quantitative estimate of drug-likeness (QED) is 0.662. The molecule has 19 heavy (non-hydrogen) atoms. The molecule has 0 radical (unpaired) electrons. The van der Waals surface area contributed by atoms with Gasteiger partial charge in [-0.25, -0.2) is 5.01 Å². The third-order valence-electron chi connectivity index (χ3n) is 2.41. The zero-order valence-electron chi connectivity index (χ0n) is 9.81. The van der Waals surface area contributed by atoms with Crippen LogP contribution in [0, 0.1) is 0 Å². The number of hydrogen-bond donors (Lipinski definition) is 2. The van der Waals surface area contributed by atoms with Gasteiger partial charge in [0.05, 0.1) is 21.4 Å². The summed E-state index contributed by atoms with van der Waals surface area (Å²) in [6, 6.07) is 14.8. The van der Waals surface area contributed by atoms with Crippen LogP contribution in [0.5, 0.6) is 0 Å². The summed E-state index contributed by atoms with van der Waals surface area (Å²) in [6.07, 6.45) is 0. The minimum Gasteiger partial charge on any atom is -0.374 e. The number of nitrogens with two attached hydrogens (primary N) is 1. The first-order chi connectivity index (χ1) is 9.09. The van der Waals surface area contributed by atoms with Crippen LogP contribution in [0.2, 0.25) is 10.0 Å². The van der Waals surface area contributed by atoms with Crippen LogP contribution in [-0.2, 0) is 0 Å². The molecule has 0 aromatic heterocycles. The molecule has 0 unspecified atom stereocenters. The number of halogens is 2. The molecule has 0 fully saturated rings. The molecular formula is C13H11Cl2N3S. The van der Waals surface area contributed by atoms with Crippen molar-refractivity contribution in [1.29, 1.82) is 0 Å². The SMILES string of the molecule is NC(=S)N(Nc1ccccc1)c1cccc(Cl)c1Cl. The second-order valence-corrected chi connectivity index (χ2v) is 4.93. The van der Waals surface area contributed by atoms with Gasteiger partial charge >= 0.3 is 0 Å². The largest absolute Gasteiger partial charge is 0.374 e. The van der Waals surface area contributed by atoms with E-state index >= 15 is 0 Å². The fourth-order valence-electron chi connectivity index (χ4n) is 1.54.